The molecule has 25 heavy (non-hydrogen) atoms. The summed E-state index contributed by atoms with van der Waals surface area (Å²) in [5, 5.41) is 17.8. The quantitative estimate of drug-likeness (QED) is 0.657. The number of benzene rings is 1. The van der Waals surface area contributed by atoms with Gasteiger partial charge in [0.25, 0.3) is 0 Å². The number of para-hydroxylation sites is 1. The maximum Gasteiger partial charge on any atom is 0.119 e. The van der Waals surface area contributed by atoms with Crippen LogP contribution in [-0.4, -0.2) is 39.1 Å². The van der Waals surface area contributed by atoms with Crippen LogP contribution in [0.15, 0.2) is 61.1 Å². The number of pyridine rings is 1. The van der Waals surface area contributed by atoms with E-state index in [-0.39, 0.29) is 6.61 Å². The third-order valence-electron chi connectivity index (χ3n) is 3.72. The van der Waals surface area contributed by atoms with Crippen LogP contribution in [0.1, 0.15) is 5.56 Å². The van der Waals surface area contributed by atoms with Crippen LogP contribution >= 0.6 is 0 Å². The normalized spacial score (nSPS) is 12.1. The molecule has 2 heterocycles. The lowest BCUT2D eigenvalue weighted by atomic mass is 10.1. The Labute approximate surface area is 147 Å². The zero-order valence-electron chi connectivity index (χ0n) is 14.2. The van der Waals surface area contributed by atoms with Crippen LogP contribution in [0.2, 0.25) is 0 Å². The number of aliphatic hydroxyl groups is 1. The molecule has 0 unspecified atom stereocenters. The van der Waals surface area contributed by atoms with Crippen LogP contribution in [0.25, 0.3) is 11.3 Å². The summed E-state index contributed by atoms with van der Waals surface area (Å²) >= 11 is 0. The van der Waals surface area contributed by atoms with Gasteiger partial charge in [0.1, 0.15) is 18.5 Å². The Morgan fingerprint density at radius 1 is 1.20 bits per heavy atom. The van der Waals surface area contributed by atoms with Gasteiger partial charge in [0.15, 0.2) is 0 Å². The third kappa shape index (κ3) is 4.89. The Hall–Kier alpha value is -2.70. The number of aromatic nitrogens is 3. The molecule has 2 N–H and O–H groups in total. The predicted octanol–water partition coefficient (Wildman–Crippen LogP) is 2.01. The average molecular weight is 338 g/mol. The largest absolute Gasteiger partial charge is 0.491 e. The van der Waals surface area contributed by atoms with Crippen molar-refractivity contribution >= 4 is 0 Å². The second-order valence-electron chi connectivity index (χ2n) is 5.83. The van der Waals surface area contributed by atoms with Crippen LogP contribution in [0, 0.1) is 0 Å². The summed E-state index contributed by atoms with van der Waals surface area (Å²) in [6.07, 6.45) is 4.93. The highest BCUT2D eigenvalue weighted by molar-refractivity contribution is 5.61. The highest BCUT2D eigenvalue weighted by atomic mass is 16.5. The molecular formula is C19H22N4O2. The fourth-order valence-electron chi connectivity index (χ4n) is 2.55. The van der Waals surface area contributed by atoms with Crippen LogP contribution in [0.5, 0.6) is 5.75 Å². The topological polar surface area (TPSA) is 72.2 Å². The van der Waals surface area contributed by atoms with Gasteiger partial charge in [-0.2, -0.15) is 5.10 Å². The molecule has 0 saturated carbocycles. The number of hydrogen-bond donors (Lipinski definition) is 2. The number of aryl methyl sites for hydroxylation is 1. The van der Waals surface area contributed by atoms with Gasteiger partial charge in [0.2, 0.25) is 0 Å². The molecule has 0 fully saturated rings. The number of ether oxygens (including phenoxy) is 1. The Kier molecular flexibility index (Phi) is 5.77. The number of nitrogens with one attached hydrogen (secondary N) is 1. The molecule has 0 spiro atoms. The van der Waals surface area contributed by atoms with Gasteiger partial charge in [-0.05, 0) is 24.3 Å². The van der Waals surface area contributed by atoms with Gasteiger partial charge in [0.05, 0.1) is 5.69 Å². The Morgan fingerprint density at radius 2 is 2.04 bits per heavy atom. The second-order valence-corrected chi connectivity index (χ2v) is 5.83. The molecule has 0 saturated heterocycles. The SMILES string of the molecule is Cn1cc(CNC[C@H](O)COc2ccccc2)c(-c2cccnc2)n1. The van der Waals surface area contributed by atoms with E-state index in [2.05, 4.69) is 15.4 Å². The number of nitrogens with zero attached hydrogens (tertiary/aromatic N) is 3. The van der Waals surface area contributed by atoms with E-state index in [0.29, 0.717) is 13.1 Å². The maximum absolute atomic E-state index is 10.1. The highest BCUT2D eigenvalue weighted by Gasteiger charge is 2.11. The molecule has 3 rings (SSSR count). The van der Waals surface area contributed by atoms with Gasteiger partial charge < -0.3 is 15.2 Å². The van der Waals surface area contributed by atoms with Gasteiger partial charge in [-0.3, -0.25) is 9.67 Å². The number of rotatable bonds is 8. The third-order valence-corrected chi connectivity index (χ3v) is 3.72. The Bertz CT molecular complexity index is 775. The molecule has 1 atom stereocenters. The maximum atomic E-state index is 10.1. The smallest absolute Gasteiger partial charge is 0.119 e. The minimum absolute atomic E-state index is 0.250. The molecule has 130 valence electrons. The van der Waals surface area contributed by atoms with E-state index >= 15 is 0 Å². The van der Waals surface area contributed by atoms with Crippen LogP contribution in [0.3, 0.4) is 0 Å². The van der Waals surface area contributed by atoms with Gasteiger partial charge in [-0.15, -0.1) is 0 Å². The van der Waals surface area contributed by atoms with Gasteiger partial charge in [-0.1, -0.05) is 18.2 Å². The standard InChI is InChI=1S/C19H22N4O2/c1-23-13-16(19(22-23)15-6-5-9-20-10-15)11-21-12-17(24)14-25-18-7-3-2-4-8-18/h2-10,13,17,21,24H,11-12,14H2,1H3/t17-/m0/s1. The van der Waals surface area contributed by atoms with Crippen molar-refractivity contribution in [3.63, 3.8) is 0 Å². The van der Waals surface area contributed by atoms with Crippen molar-refractivity contribution in [1.82, 2.24) is 20.1 Å². The van der Waals surface area contributed by atoms with Gasteiger partial charge >= 0.3 is 0 Å². The van der Waals surface area contributed by atoms with Crippen molar-refractivity contribution < 1.29 is 9.84 Å². The van der Waals surface area contributed by atoms with Gasteiger partial charge in [-0.25, -0.2) is 0 Å². The molecule has 2 aromatic heterocycles. The van der Waals surface area contributed by atoms with Crippen LogP contribution in [0.4, 0.5) is 0 Å². The summed E-state index contributed by atoms with van der Waals surface area (Å²) in [7, 11) is 1.89. The van der Waals surface area contributed by atoms with E-state index < -0.39 is 6.10 Å². The molecule has 3 aromatic rings. The van der Waals surface area contributed by atoms with Crippen molar-refractivity contribution in [2.24, 2.45) is 7.05 Å². The summed E-state index contributed by atoms with van der Waals surface area (Å²) < 4.78 is 7.34. The second kappa shape index (κ2) is 8.41. The van der Waals surface area contributed by atoms with Crippen molar-refractivity contribution in [2.75, 3.05) is 13.2 Å². The minimum atomic E-state index is -0.585. The molecule has 0 radical (unpaired) electrons. The average Bonchev–Trinajstić information content (AvgIpc) is 3.02. The van der Waals surface area contributed by atoms with E-state index in [4.69, 9.17) is 4.74 Å². The molecule has 0 amide bonds. The Morgan fingerprint density at radius 3 is 2.80 bits per heavy atom. The van der Waals surface area contributed by atoms with Crippen LogP contribution < -0.4 is 10.1 Å². The van der Waals surface area contributed by atoms with Crippen molar-refractivity contribution in [3.8, 4) is 17.0 Å². The summed E-state index contributed by atoms with van der Waals surface area (Å²) in [5.74, 6) is 0.757. The summed E-state index contributed by atoms with van der Waals surface area (Å²) in [5.41, 5.74) is 2.94. The van der Waals surface area contributed by atoms with E-state index in [1.54, 1.807) is 17.1 Å². The minimum Gasteiger partial charge on any atom is -0.491 e. The fourth-order valence-corrected chi connectivity index (χ4v) is 2.55. The molecule has 6 heteroatoms. The number of aliphatic hydroxyl groups excluding tert-OH is 1. The zero-order chi connectivity index (χ0) is 17.5. The highest BCUT2D eigenvalue weighted by Crippen LogP contribution is 2.20. The first kappa shape index (κ1) is 17.1. The van der Waals surface area contributed by atoms with Crippen molar-refractivity contribution in [3.05, 3.63) is 66.6 Å². The van der Waals surface area contributed by atoms with Crippen molar-refractivity contribution in [1.29, 1.82) is 0 Å². The zero-order valence-corrected chi connectivity index (χ0v) is 14.2. The number of hydrogen-bond acceptors (Lipinski definition) is 5. The lowest BCUT2D eigenvalue weighted by molar-refractivity contribution is 0.106. The summed E-state index contributed by atoms with van der Waals surface area (Å²) in [6.45, 7) is 1.30. The monoisotopic (exact) mass is 338 g/mol. The summed E-state index contributed by atoms with van der Waals surface area (Å²) in [6, 6.07) is 13.4. The van der Waals surface area contributed by atoms with Gasteiger partial charge in [0, 0.05) is 49.9 Å². The molecular weight excluding hydrogens is 316 g/mol. The molecule has 0 aliphatic rings. The first-order valence-corrected chi connectivity index (χ1v) is 8.22. The molecule has 0 bridgehead atoms. The van der Waals surface area contributed by atoms with E-state index in [1.807, 2.05) is 55.7 Å². The molecule has 0 aliphatic heterocycles. The van der Waals surface area contributed by atoms with Crippen molar-refractivity contribution in [2.45, 2.75) is 12.6 Å². The van der Waals surface area contributed by atoms with Crippen LogP contribution in [-0.2, 0) is 13.6 Å². The molecule has 0 aliphatic carbocycles. The Balaban J connectivity index is 1.51. The predicted molar refractivity (Wildman–Crippen MR) is 96.1 cm³/mol. The first-order valence-electron chi connectivity index (χ1n) is 8.22. The van der Waals surface area contributed by atoms with E-state index in [0.717, 1.165) is 22.6 Å². The molecule has 1 aromatic carbocycles. The lowest BCUT2D eigenvalue weighted by Gasteiger charge is -2.13. The van der Waals surface area contributed by atoms with E-state index in [9.17, 15) is 5.11 Å². The fraction of sp³-hybridized carbons (Fsp3) is 0.263. The molecule has 6 nitrogen and oxygen atoms in total. The lowest BCUT2D eigenvalue weighted by Crippen LogP contribution is -2.31. The summed E-state index contributed by atoms with van der Waals surface area (Å²) in [4.78, 5) is 4.15. The van der Waals surface area contributed by atoms with E-state index in [1.165, 1.54) is 0 Å². The first-order chi connectivity index (χ1) is 12.2.